The van der Waals surface area contributed by atoms with Gasteiger partial charge in [0.05, 0.1) is 0 Å². The number of carbonyl (C=O) groups excluding carboxylic acids is 2. The van der Waals surface area contributed by atoms with Crippen LogP contribution in [0.5, 0.6) is 0 Å². The SMILES string of the molecule is CC(=O)NCC1CCN(C(=O)CCC2CCCC2)CC1. The third kappa shape index (κ3) is 4.80. The summed E-state index contributed by atoms with van der Waals surface area (Å²) in [5.74, 6) is 1.73. The third-order valence-electron chi connectivity index (χ3n) is 4.85. The van der Waals surface area contributed by atoms with E-state index in [4.69, 9.17) is 0 Å². The van der Waals surface area contributed by atoms with Crippen LogP contribution in [0.1, 0.15) is 58.3 Å². The van der Waals surface area contributed by atoms with E-state index in [-0.39, 0.29) is 5.91 Å². The lowest BCUT2D eigenvalue weighted by molar-refractivity contribution is -0.133. The number of nitrogens with zero attached hydrogens (tertiary/aromatic N) is 1. The number of hydrogen-bond donors (Lipinski definition) is 1. The molecule has 1 aliphatic heterocycles. The Balaban J connectivity index is 1.62. The molecule has 0 atom stereocenters. The summed E-state index contributed by atoms with van der Waals surface area (Å²) in [6.45, 7) is 4.06. The molecule has 1 saturated heterocycles. The quantitative estimate of drug-likeness (QED) is 0.840. The minimum absolute atomic E-state index is 0.0417. The Morgan fingerprint density at radius 2 is 1.70 bits per heavy atom. The molecule has 2 amide bonds. The van der Waals surface area contributed by atoms with Crippen LogP contribution in [0.4, 0.5) is 0 Å². The maximum atomic E-state index is 12.2. The summed E-state index contributed by atoms with van der Waals surface area (Å²) >= 11 is 0. The highest BCUT2D eigenvalue weighted by Crippen LogP contribution is 2.29. The molecule has 1 saturated carbocycles. The zero-order valence-electron chi connectivity index (χ0n) is 12.7. The smallest absolute Gasteiger partial charge is 0.222 e. The van der Waals surface area contributed by atoms with Gasteiger partial charge in [0.1, 0.15) is 0 Å². The van der Waals surface area contributed by atoms with Crippen molar-refractivity contribution in [2.24, 2.45) is 11.8 Å². The standard InChI is InChI=1S/C16H28N2O2/c1-13(19)17-12-15-8-10-18(11-9-15)16(20)7-6-14-4-2-3-5-14/h14-15H,2-12H2,1H3,(H,17,19). The Kier molecular flexibility index (Phi) is 5.86. The zero-order valence-corrected chi connectivity index (χ0v) is 12.7. The van der Waals surface area contributed by atoms with Crippen molar-refractivity contribution >= 4 is 11.8 Å². The van der Waals surface area contributed by atoms with Crippen molar-refractivity contribution in [1.82, 2.24) is 10.2 Å². The molecule has 2 fully saturated rings. The molecular formula is C16H28N2O2. The Labute approximate surface area is 122 Å². The van der Waals surface area contributed by atoms with Crippen molar-refractivity contribution in [2.75, 3.05) is 19.6 Å². The fraction of sp³-hybridized carbons (Fsp3) is 0.875. The van der Waals surface area contributed by atoms with Crippen molar-refractivity contribution in [2.45, 2.75) is 58.3 Å². The largest absolute Gasteiger partial charge is 0.356 e. The summed E-state index contributed by atoms with van der Waals surface area (Å²) in [5, 5.41) is 2.88. The van der Waals surface area contributed by atoms with E-state index in [1.54, 1.807) is 6.92 Å². The molecule has 1 aliphatic carbocycles. The zero-order chi connectivity index (χ0) is 14.4. The van der Waals surface area contributed by atoms with Gasteiger partial charge < -0.3 is 10.2 Å². The van der Waals surface area contributed by atoms with Crippen LogP contribution in [0.25, 0.3) is 0 Å². The fourth-order valence-electron chi connectivity index (χ4n) is 3.46. The summed E-state index contributed by atoms with van der Waals surface area (Å²) in [6.07, 6.45) is 9.23. The predicted molar refractivity (Wildman–Crippen MR) is 79.2 cm³/mol. The molecule has 0 bridgehead atoms. The van der Waals surface area contributed by atoms with Crippen LogP contribution < -0.4 is 5.32 Å². The highest BCUT2D eigenvalue weighted by molar-refractivity contribution is 5.76. The van der Waals surface area contributed by atoms with Gasteiger partial charge in [-0.25, -0.2) is 0 Å². The molecule has 0 radical (unpaired) electrons. The molecule has 0 spiro atoms. The summed E-state index contributed by atoms with van der Waals surface area (Å²) in [5.41, 5.74) is 0. The van der Waals surface area contributed by atoms with Gasteiger partial charge in [-0.3, -0.25) is 9.59 Å². The first-order valence-corrected chi connectivity index (χ1v) is 8.17. The average Bonchev–Trinajstić information content (AvgIpc) is 2.96. The van der Waals surface area contributed by atoms with Crippen LogP contribution >= 0.6 is 0 Å². The highest BCUT2D eigenvalue weighted by Gasteiger charge is 2.24. The molecule has 0 aromatic heterocycles. The monoisotopic (exact) mass is 280 g/mol. The van der Waals surface area contributed by atoms with Gasteiger partial charge >= 0.3 is 0 Å². The molecule has 0 aromatic rings. The molecule has 0 aromatic carbocycles. The number of carbonyl (C=O) groups is 2. The molecule has 20 heavy (non-hydrogen) atoms. The van der Waals surface area contributed by atoms with E-state index in [0.29, 0.717) is 11.8 Å². The van der Waals surface area contributed by atoms with Crippen LogP contribution in [0, 0.1) is 11.8 Å². The Morgan fingerprint density at radius 3 is 2.30 bits per heavy atom. The first kappa shape index (κ1) is 15.3. The van der Waals surface area contributed by atoms with Crippen molar-refractivity contribution in [3.05, 3.63) is 0 Å². The Morgan fingerprint density at radius 1 is 1.05 bits per heavy atom. The van der Waals surface area contributed by atoms with E-state index in [9.17, 15) is 9.59 Å². The summed E-state index contributed by atoms with van der Waals surface area (Å²) in [6, 6.07) is 0. The minimum atomic E-state index is 0.0417. The fourth-order valence-corrected chi connectivity index (χ4v) is 3.46. The average molecular weight is 280 g/mol. The van der Waals surface area contributed by atoms with Crippen molar-refractivity contribution in [3.8, 4) is 0 Å². The number of amides is 2. The number of rotatable bonds is 5. The second kappa shape index (κ2) is 7.65. The van der Waals surface area contributed by atoms with Gasteiger partial charge in [-0.05, 0) is 31.1 Å². The number of hydrogen-bond acceptors (Lipinski definition) is 2. The molecule has 114 valence electrons. The maximum Gasteiger partial charge on any atom is 0.222 e. The molecule has 1 heterocycles. The molecule has 4 heteroatoms. The van der Waals surface area contributed by atoms with Gasteiger partial charge in [0.15, 0.2) is 0 Å². The van der Waals surface area contributed by atoms with Crippen LogP contribution in [0.3, 0.4) is 0 Å². The molecule has 0 unspecified atom stereocenters. The Bertz CT molecular complexity index is 329. The third-order valence-corrected chi connectivity index (χ3v) is 4.85. The van der Waals surface area contributed by atoms with Gasteiger partial charge in [0.2, 0.25) is 11.8 Å². The molecular weight excluding hydrogens is 252 g/mol. The molecule has 2 aliphatic rings. The lowest BCUT2D eigenvalue weighted by Gasteiger charge is -2.32. The van der Waals surface area contributed by atoms with Crippen molar-refractivity contribution in [3.63, 3.8) is 0 Å². The van der Waals surface area contributed by atoms with Crippen LogP contribution in [-0.4, -0.2) is 36.3 Å². The predicted octanol–water partition coefficient (Wildman–Crippen LogP) is 2.33. The minimum Gasteiger partial charge on any atom is -0.356 e. The van der Waals surface area contributed by atoms with E-state index >= 15 is 0 Å². The van der Waals surface area contributed by atoms with E-state index in [0.717, 1.165) is 51.2 Å². The van der Waals surface area contributed by atoms with Crippen LogP contribution in [0.15, 0.2) is 0 Å². The van der Waals surface area contributed by atoms with Crippen LogP contribution in [-0.2, 0) is 9.59 Å². The summed E-state index contributed by atoms with van der Waals surface area (Å²) < 4.78 is 0. The lowest BCUT2D eigenvalue weighted by atomic mass is 9.95. The first-order chi connectivity index (χ1) is 9.65. The molecule has 2 rings (SSSR count). The van der Waals surface area contributed by atoms with Gasteiger partial charge in [-0.2, -0.15) is 0 Å². The number of likely N-dealkylation sites (tertiary alicyclic amines) is 1. The van der Waals surface area contributed by atoms with Gasteiger partial charge in [0.25, 0.3) is 0 Å². The van der Waals surface area contributed by atoms with E-state index in [1.807, 2.05) is 4.90 Å². The first-order valence-electron chi connectivity index (χ1n) is 8.17. The van der Waals surface area contributed by atoms with E-state index < -0.39 is 0 Å². The highest BCUT2D eigenvalue weighted by atomic mass is 16.2. The second-order valence-corrected chi connectivity index (χ2v) is 6.45. The van der Waals surface area contributed by atoms with Gasteiger partial charge in [0, 0.05) is 33.0 Å². The topological polar surface area (TPSA) is 49.4 Å². The maximum absolute atomic E-state index is 12.2. The van der Waals surface area contributed by atoms with Crippen LogP contribution in [0.2, 0.25) is 0 Å². The molecule has 4 nitrogen and oxygen atoms in total. The van der Waals surface area contributed by atoms with Crippen molar-refractivity contribution < 1.29 is 9.59 Å². The lowest BCUT2D eigenvalue weighted by Crippen LogP contribution is -2.41. The normalized spacial score (nSPS) is 21.1. The summed E-state index contributed by atoms with van der Waals surface area (Å²) in [4.78, 5) is 25.1. The molecule has 1 N–H and O–H groups in total. The van der Waals surface area contributed by atoms with Gasteiger partial charge in [-0.15, -0.1) is 0 Å². The number of piperidine rings is 1. The van der Waals surface area contributed by atoms with Crippen molar-refractivity contribution in [1.29, 1.82) is 0 Å². The van der Waals surface area contributed by atoms with E-state index in [2.05, 4.69) is 5.32 Å². The van der Waals surface area contributed by atoms with Gasteiger partial charge in [-0.1, -0.05) is 25.7 Å². The number of nitrogens with one attached hydrogen (secondary N) is 1. The van der Waals surface area contributed by atoms with E-state index in [1.165, 1.54) is 25.7 Å². The second-order valence-electron chi connectivity index (χ2n) is 6.45. The summed E-state index contributed by atoms with van der Waals surface area (Å²) in [7, 11) is 0. The Hall–Kier alpha value is -1.06.